The Morgan fingerprint density at radius 1 is 0.778 bits per heavy atom. The van der Waals surface area contributed by atoms with E-state index in [1.54, 1.807) is 0 Å². The number of hydrogen-bond acceptors (Lipinski definition) is 1. The predicted octanol–water partition coefficient (Wildman–Crippen LogP) is 5.24. The van der Waals surface area contributed by atoms with Gasteiger partial charge in [-0.1, -0.05) is 57.9 Å². The van der Waals surface area contributed by atoms with Crippen molar-refractivity contribution in [1.29, 1.82) is 0 Å². The zero-order chi connectivity index (χ0) is 13.6. The van der Waals surface area contributed by atoms with Crippen LogP contribution in [0.25, 0.3) is 0 Å². The van der Waals surface area contributed by atoms with E-state index in [0.29, 0.717) is 12.8 Å². The van der Waals surface area contributed by atoms with E-state index in [-0.39, 0.29) is 5.83 Å². The van der Waals surface area contributed by atoms with Gasteiger partial charge in [0.15, 0.2) is 0 Å². The second-order valence-electron chi connectivity index (χ2n) is 4.95. The Labute approximate surface area is 110 Å². The summed E-state index contributed by atoms with van der Waals surface area (Å²) in [5, 5.41) is 8.46. The number of carbonyl (C=O) groups is 1. The number of hydrogen-bond donors (Lipinski definition) is 1. The monoisotopic (exact) mass is 258 g/mol. The molecule has 106 valence electrons. The van der Waals surface area contributed by atoms with E-state index in [1.807, 2.05) is 0 Å². The highest BCUT2D eigenvalue weighted by atomic mass is 19.1. The fraction of sp³-hybridized carbons (Fsp3) is 0.800. The molecule has 0 aromatic carbocycles. The molecule has 0 saturated heterocycles. The van der Waals surface area contributed by atoms with Crippen LogP contribution in [0, 0.1) is 0 Å². The lowest BCUT2D eigenvalue weighted by atomic mass is 10.1. The van der Waals surface area contributed by atoms with Crippen molar-refractivity contribution in [2.75, 3.05) is 0 Å². The second kappa shape index (κ2) is 12.6. The number of aliphatic carboxylic acids is 1. The van der Waals surface area contributed by atoms with Crippen molar-refractivity contribution >= 4 is 5.97 Å². The first-order chi connectivity index (χ1) is 8.63. The molecule has 0 aromatic heterocycles. The van der Waals surface area contributed by atoms with Crippen molar-refractivity contribution in [3.05, 3.63) is 12.4 Å². The Morgan fingerprint density at radius 2 is 1.11 bits per heavy atom. The Morgan fingerprint density at radius 3 is 1.44 bits per heavy atom. The van der Waals surface area contributed by atoms with Gasteiger partial charge in [0, 0.05) is 6.42 Å². The average Bonchev–Trinajstić information content (AvgIpc) is 2.29. The Kier molecular flexibility index (Phi) is 12.0. The van der Waals surface area contributed by atoms with E-state index < -0.39 is 5.97 Å². The SMILES string of the molecule is C=C(F)CCCCCCCCCCCCC(=O)O. The normalized spacial score (nSPS) is 10.5. The van der Waals surface area contributed by atoms with Crippen LogP contribution >= 0.6 is 0 Å². The van der Waals surface area contributed by atoms with Crippen LogP contribution in [0.15, 0.2) is 12.4 Å². The highest BCUT2D eigenvalue weighted by Crippen LogP contribution is 2.13. The Bertz CT molecular complexity index is 203. The van der Waals surface area contributed by atoms with E-state index in [0.717, 1.165) is 32.1 Å². The average molecular weight is 258 g/mol. The van der Waals surface area contributed by atoms with Gasteiger partial charge in [0.1, 0.15) is 0 Å². The summed E-state index contributed by atoms with van der Waals surface area (Å²) in [6, 6.07) is 0. The molecule has 0 aliphatic heterocycles. The molecule has 0 unspecified atom stereocenters. The van der Waals surface area contributed by atoms with Crippen LogP contribution in [0.1, 0.15) is 77.0 Å². The Hall–Kier alpha value is -0.860. The molecule has 0 amide bonds. The molecular formula is C15H27FO2. The summed E-state index contributed by atoms with van der Waals surface area (Å²) >= 11 is 0. The van der Waals surface area contributed by atoms with Crippen LogP contribution in [-0.2, 0) is 4.79 Å². The molecule has 0 fully saturated rings. The molecule has 0 aliphatic carbocycles. The summed E-state index contributed by atoms with van der Waals surface area (Å²) in [7, 11) is 0. The minimum atomic E-state index is -0.689. The third-order valence-electron chi connectivity index (χ3n) is 3.09. The Balaban J connectivity index is 2.99. The van der Waals surface area contributed by atoms with E-state index in [2.05, 4.69) is 6.58 Å². The van der Waals surface area contributed by atoms with Gasteiger partial charge in [-0.05, 0) is 19.3 Å². The van der Waals surface area contributed by atoms with Crippen LogP contribution in [-0.4, -0.2) is 11.1 Å². The third kappa shape index (κ3) is 15.1. The van der Waals surface area contributed by atoms with Gasteiger partial charge < -0.3 is 5.11 Å². The first kappa shape index (κ1) is 17.1. The predicted molar refractivity (Wildman–Crippen MR) is 73.3 cm³/mol. The van der Waals surface area contributed by atoms with Crippen molar-refractivity contribution < 1.29 is 14.3 Å². The van der Waals surface area contributed by atoms with Crippen LogP contribution in [0.5, 0.6) is 0 Å². The smallest absolute Gasteiger partial charge is 0.303 e. The van der Waals surface area contributed by atoms with Crippen molar-refractivity contribution in [2.24, 2.45) is 0 Å². The molecule has 2 nitrogen and oxygen atoms in total. The quantitative estimate of drug-likeness (QED) is 0.459. The molecule has 18 heavy (non-hydrogen) atoms. The molecule has 0 aliphatic rings. The maximum atomic E-state index is 12.3. The number of unbranched alkanes of at least 4 members (excludes halogenated alkanes) is 9. The van der Waals surface area contributed by atoms with Gasteiger partial charge in [-0.25, -0.2) is 4.39 Å². The molecule has 0 heterocycles. The molecule has 1 N–H and O–H groups in total. The van der Waals surface area contributed by atoms with Gasteiger partial charge in [0.25, 0.3) is 0 Å². The number of allylic oxidation sites excluding steroid dienone is 1. The van der Waals surface area contributed by atoms with Crippen LogP contribution < -0.4 is 0 Å². The molecule has 3 heteroatoms. The van der Waals surface area contributed by atoms with Gasteiger partial charge in [-0.3, -0.25) is 4.79 Å². The van der Waals surface area contributed by atoms with Crippen LogP contribution in [0.4, 0.5) is 4.39 Å². The van der Waals surface area contributed by atoms with Crippen LogP contribution in [0.2, 0.25) is 0 Å². The van der Waals surface area contributed by atoms with Gasteiger partial charge in [-0.15, -0.1) is 0 Å². The summed E-state index contributed by atoms with van der Waals surface area (Å²) in [4.78, 5) is 10.3. The van der Waals surface area contributed by atoms with Gasteiger partial charge in [0.2, 0.25) is 0 Å². The molecule has 0 bridgehead atoms. The molecule has 0 atom stereocenters. The van der Waals surface area contributed by atoms with Gasteiger partial charge in [0.05, 0.1) is 5.83 Å². The first-order valence-electron chi connectivity index (χ1n) is 7.18. The zero-order valence-corrected chi connectivity index (χ0v) is 11.4. The largest absolute Gasteiger partial charge is 0.481 e. The highest BCUT2D eigenvalue weighted by Gasteiger charge is 1.97. The summed E-state index contributed by atoms with van der Waals surface area (Å²) < 4.78 is 12.3. The summed E-state index contributed by atoms with van der Waals surface area (Å²) in [6.07, 6.45) is 11.9. The molecule has 0 spiro atoms. The lowest BCUT2D eigenvalue weighted by Gasteiger charge is -2.02. The van der Waals surface area contributed by atoms with Crippen molar-refractivity contribution in [3.8, 4) is 0 Å². The minimum absolute atomic E-state index is 0.198. The maximum absolute atomic E-state index is 12.3. The summed E-state index contributed by atoms with van der Waals surface area (Å²) in [5.41, 5.74) is 0. The maximum Gasteiger partial charge on any atom is 0.303 e. The number of carboxylic acids is 1. The van der Waals surface area contributed by atoms with Crippen molar-refractivity contribution in [3.63, 3.8) is 0 Å². The second-order valence-corrected chi connectivity index (χ2v) is 4.95. The number of rotatable bonds is 13. The molecule has 0 rings (SSSR count). The fourth-order valence-corrected chi connectivity index (χ4v) is 2.01. The van der Waals surface area contributed by atoms with E-state index in [1.165, 1.54) is 32.1 Å². The standard InChI is InChI=1S/C15H27FO2/c1-14(16)12-10-8-6-4-2-3-5-7-9-11-13-15(17)18/h1-13H2,(H,17,18). The molecule has 0 aromatic rings. The van der Waals surface area contributed by atoms with Gasteiger partial charge in [-0.2, -0.15) is 0 Å². The lowest BCUT2D eigenvalue weighted by Crippen LogP contribution is -1.93. The number of carboxylic acid groups (broad SMARTS) is 1. The van der Waals surface area contributed by atoms with Crippen molar-refractivity contribution in [2.45, 2.75) is 77.0 Å². The van der Waals surface area contributed by atoms with E-state index in [4.69, 9.17) is 5.11 Å². The van der Waals surface area contributed by atoms with Gasteiger partial charge >= 0.3 is 5.97 Å². The summed E-state index contributed by atoms with van der Waals surface area (Å²) in [5.74, 6) is -0.887. The first-order valence-corrected chi connectivity index (χ1v) is 7.18. The summed E-state index contributed by atoms with van der Waals surface area (Å²) in [6.45, 7) is 3.25. The highest BCUT2D eigenvalue weighted by molar-refractivity contribution is 5.66. The minimum Gasteiger partial charge on any atom is -0.481 e. The van der Waals surface area contributed by atoms with Crippen LogP contribution in [0.3, 0.4) is 0 Å². The molecule has 0 saturated carbocycles. The van der Waals surface area contributed by atoms with Crippen molar-refractivity contribution in [1.82, 2.24) is 0 Å². The third-order valence-corrected chi connectivity index (χ3v) is 3.09. The fourth-order valence-electron chi connectivity index (χ4n) is 2.01. The molecular weight excluding hydrogens is 231 g/mol. The zero-order valence-electron chi connectivity index (χ0n) is 11.4. The number of halogens is 1. The van der Waals surface area contributed by atoms with E-state index in [9.17, 15) is 9.18 Å². The topological polar surface area (TPSA) is 37.3 Å². The van der Waals surface area contributed by atoms with E-state index >= 15 is 0 Å². The lowest BCUT2D eigenvalue weighted by molar-refractivity contribution is -0.137. The molecule has 0 radical (unpaired) electrons.